The normalized spacial score (nSPS) is 11.5. The number of hydrogen-bond donors (Lipinski definition) is 1. The first-order chi connectivity index (χ1) is 11.7. The summed E-state index contributed by atoms with van der Waals surface area (Å²) in [7, 11) is 1.38. The molecule has 24 heavy (non-hydrogen) atoms. The number of aromatic nitrogens is 2. The van der Waals surface area contributed by atoms with Crippen LogP contribution in [0.1, 0.15) is 38.1 Å². The number of hydrogen-bond acceptors (Lipinski definition) is 4. The van der Waals surface area contributed by atoms with Crippen molar-refractivity contribution in [1.29, 1.82) is 0 Å². The highest BCUT2D eigenvalue weighted by Crippen LogP contribution is 2.20. The first-order valence-electron chi connectivity index (χ1n) is 8.65. The number of imidazole rings is 1. The molecule has 1 aromatic heterocycles. The van der Waals surface area contributed by atoms with Crippen LogP contribution in [0.3, 0.4) is 0 Å². The Labute approximate surface area is 143 Å². The lowest BCUT2D eigenvalue weighted by molar-refractivity contribution is -0.134. The van der Waals surface area contributed by atoms with E-state index >= 15 is 0 Å². The molecule has 0 bridgehead atoms. The van der Waals surface area contributed by atoms with Gasteiger partial charge in [0.25, 0.3) is 0 Å². The zero-order valence-corrected chi connectivity index (χ0v) is 14.8. The fourth-order valence-corrected chi connectivity index (χ4v) is 2.68. The number of aryl methyl sites for hydroxylation is 1. The largest absolute Gasteiger partial charge is 0.466 e. The van der Waals surface area contributed by atoms with Crippen LogP contribution in [0.25, 0.3) is 17.1 Å². The van der Waals surface area contributed by atoms with Crippen LogP contribution in [-0.4, -0.2) is 35.7 Å². The van der Waals surface area contributed by atoms with E-state index in [1.54, 1.807) is 6.08 Å². The standard InChI is InChI=1S/C19H27N3O2/c1-4-6-7-18-21-16-14-15(9-11-19(23)24-3)8-10-17(16)22(18)13-12-20-5-2/h8-11,14,20H,4-7,12-13H2,1-3H3/b11-9+. The second-order valence-corrected chi connectivity index (χ2v) is 5.74. The van der Waals surface area contributed by atoms with E-state index in [0.29, 0.717) is 0 Å². The molecule has 1 aromatic carbocycles. The second-order valence-electron chi connectivity index (χ2n) is 5.74. The van der Waals surface area contributed by atoms with Gasteiger partial charge in [0.15, 0.2) is 0 Å². The van der Waals surface area contributed by atoms with Gasteiger partial charge in [-0.25, -0.2) is 9.78 Å². The summed E-state index contributed by atoms with van der Waals surface area (Å²) in [5, 5.41) is 3.37. The Hall–Kier alpha value is -2.14. The van der Waals surface area contributed by atoms with Gasteiger partial charge in [-0.2, -0.15) is 0 Å². The highest BCUT2D eigenvalue weighted by Gasteiger charge is 2.10. The summed E-state index contributed by atoms with van der Waals surface area (Å²) in [6.45, 7) is 7.14. The molecule has 1 heterocycles. The van der Waals surface area contributed by atoms with E-state index < -0.39 is 0 Å². The molecule has 0 unspecified atom stereocenters. The molecule has 0 spiro atoms. The molecule has 0 saturated heterocycles. The van der Waals surface area contributed by atoms with E-state index in [2.05, 4.69) is 34.5 Å². The van der Waals surface area contributed by atoms with Gasteiger partial charge >= 0.3 is 5.97 Å². The summed E-state index contributed by atoms with van der Waals surface area (Å²) in [4.78, 5) is 16.1. The number of carbonyl (C=O) groups excluding carboxylic acids is 1. The number of likely N-dealkylation sites (N-methyl/N-ethyl adjacent to an activating group) is 1. The molecule has 0 atom stereocenters. The van der Waals surface area contributed by atoms with Crippen molar-refractivity contribution in [2.75, 3.05) is 20.2 Å². The number of ether oxygens (including phenoxy) is 1. The smallest absolute Gasteiger partial charge is 0.330 e. The number of fused-ring (bicyclic) bond motifs is 1. The predicted molar refractivity (Wildman–Crippen MR) is 97.9 cm³/mol. The first-order valence-corrected chi connectivity index (χ1v) is 8.65. The van der Waals surface area contributed by atoms with E-state index in [-0.39, 0.29) is 5.97 Å². The average molecular weight is 329 g/mol. The molecule has 0 amide bonds. The van der Waals surface area contributed by atoms with E-state index in [1.807, 2.05) is 12.1 Å². The van der Waals surface area contributed by atoms with Gasteiger partial charge in [-0.15, -0.1) is 0 Å². The Balaban J connectivity index is 2.30. The van der Waals surface area contributed by atoms with Crippen molar-refractivity contribution in [1.82, 2.24) is 14.9 Å². The summed E-state index contributed by atoms with van der Waals surface area (Å²) in [6, 6.07) is 6.12. The van der Waals surface area contributed by atoms with Crippen molar-refractivity contribution in [3.05, 3.63) is 35.7 Å². The second kappa shape index (κ2) is 9.23. The van der Waals surface area contributed by atoms with Crippen LogP contribution in [0.2, 0.25) is 0 Å². The van der Waals surface area contributed by atoms with Crippen LogP contribution in [0, 0.1) is 0 Å². The Morgan fingerprint density at radius 1 is 1.38 bits per heavy atom. The lowest BCUT2D eigenvalue weighted by atomic mass is 10.2. The quantitative estimate of drug-likeness (QED) is 0.436. The summed E-state index contributed by atoms with van der Waals surface area (Å²) >= 11 is 0. The molecule has 5 heteroatoms. The monoisotopic (exact) mass is 329 g/mol. The van der Waals surface area contributed by atoms with Crippen LogP contribution in [0.5, 0.6) is 0 Å². The number of nitrogens with one attached hydrogen (secondary N) is 1. The van der Waals surface area contributed by atoms with E-state index in [4.69, 9.17) is 4.98 Å². The number of benzene rings is 1. The third-order valence-corrected chi connectivity index (χ3v) is 3.98. The summed E-state index contributed by atoms with van der Waals surface area (Å²) in [5.41, 5.74) is 3.07. The molecule has 2 aromatic rings. The van der Waals surface area contributed by atoms with Gasteiger partial charge in [0.1, 0.15) is 5.82 Å². The van der Waals surface area contributed by atoms with Crippen molar-refractivity contribution in [3.63, 3.8) is 0 Å². The van der Waals surface area contributed by atoms with Crippen molar-refractivity contribution in [2.45, 2.75) is 39.7 Å². The van der Waals surface area contributed by atoms with Crippen LogP contribution in [0.4, 0.5) is 0 Å². The molecular formula is C19H27N3O2. The van der Waals surface area contributed by atoms with Gasteiger partial charge in [0, 0.05) is 25.6 Å². The van der Waals surface area contributed by atoms with Gasteiger partial charge in [0.05, 0.1) is 18.1 Å². The maximum absolute atomic E-state index is 11.2. The molecule has 130 valence electrons. The lowest BCUT2D eigenvalue weighted by Crippen LogP contribution is -2.20. The van der Waals surface area contributed by atoms with E-state index in [0.717, 1.165) is 61.3 Å². The molecular weight excluding hydrogens is 302 g/mol. The topological polar surface area (TPSA) is 56.1 Å². The number of unbranched alkanes of at least 4 members (excludes halogenated alkanes) is 1. The van der Waals surface area contributed by atoms with Crippen LogP contribution in [0.15, 0.2) is 24.3 Å². The Bertz CT molecular complexity index is 704. The third kappa shape index (κ3) is 4.68. The van der Waals surface area contributed by atoms with Crippen LogP contribution >= 0.6 is 0 Å². The van der Waals surface area contributed by atoms with Crippen LogP contribution < -0.4 is 5.32 Å². The number of nitrogens with zero attached hydrogens (tertiary/aromatic N) is 2. The Kier molecular flexibility index (Phi) is 7.00. The summed E-state index contributed by atoms with van der Waals surface area (Å²) in [6.07, 6.45) is 6.48. The predicted octanol–water partition coefficient (Wildman–Crippen LogP) is 3.17. The maximum atomic E-state index is 11.2. The summed E-state index contributed by atoms with van der Waals surface area (Å²) in [5.74, 6) is 0.786. The maximum Gasteiger partial charge on any atom is 0.330 e. The zero-order valence-electron chi connectivity index (χ0n) is 14.8. The minimum atomic E-state index is -0.352. The Morgan fingerprint density at radius 2 is 2.21 bits per heavy atom. The number of methoxy groups -OCH3 is 1. The number of carbonyl (C=O) groups is 1. The van der Waals surface area contributed by atoms with Crippen molar-refractivity contribution in [3.8, 4) is 0 Å². The van der Waals surface area contributed by atoms with Crippen LogP contribution in [-0.2, 0) is 22.5 Å². The molecule has 1 N–H and O–H groups in total. The van der Waals surface area contributed by atoms with Gasteiger partial charge < -0.3 is 14.6 Å². The van der Waals surface area contributed by atoms with E-state index in [1.165, 1.54) is 13.2 Å². The van der Waals surface area contributed by atoms with Crippen molar-refractivity contribution < 1.29 is 9.53 Å². The van der Waals surface area contributed by atoms with Gasteiger partial charge in [-0.3, -0.25) is 0 Å². The molecule has 0 fully saturated rings. The zero-order chi connectivity index (χ0) is 17.4. The number of rotatable bonds is 9. The highest BCUT2D eigenvalue weighted by molar-refractivity contribution is 5.88. The molecule has 0 aliphatic heterocycles. The van der Waals surface area contributed by atoms with Crippen molar-refractivity contribution >= 4 is 23.1 Å². The SMILES string of the molecule is CCCCc1nc2cc(/C=C/C(=O)OC)ccc2n1CCNCC. The third-order valence-electron chi connectivity index (χ3n) is 3.98. The minimum Gasteiger partial charge on any atom is -0.466 e. The van der Waals surface area contributed by atoms with Gasteiger partial charge in [-0.1, -0.05) is 26.3 Å². The lowest BCUT2D eigenvalue weighted by Gasteiger charge is -2.09. The Morgan fingerprint density at radius 3 is 2.92 bits per heavy atom. The van der Waals surface area contributed by atoms with Gasteiger partial charge in [0.2, 0.25) is 0 Å². The summed E-state index contributed by atoms with van der Waals surface area (Å²) < 4.78 is 6.94. The first kappa shape index (κ1) is 18.2. The van der Waals surface area contributed by atoms with Gasteiger partial charge in [-0.05, 0) is 36.7 Å². The molecule has 0 radical (unpaired) electrons. The van der Waals surface area contributed by atoms with Crippen molar-refractivity contribution in [2.24, 2.45) is 0 Å². The van der Waals surface area contributed by atoms with E-state index in [9.17, 15) is 4.79 Å². The fourth-order valence-electron chi connectivity index (χ4n) is 2.68. The number of esters is 1. The molecule has 5 nitrogen and oxygen atoms in total. The minimum absolute atomic E-state index is 0.352. The molecule has 0 aliphatic rings. The molecule has 2 rings (SSSR count). The molecule has 0 aliphatic carbocycles. The fraction of sp³-hybridized carbons (Fsp3) is 0.474. The highest BCUT2D eigenvalue weighted by atomic mass is 16.5. The average Bonchev–Trinajstić information content (AvgIpc) is 2.95. The molecule has 0 saturated carbocycles.